The summed E-state index contributed by atoms with van der Waals surface area (Å²) >= 11 is 0. The second-order valence-corrected chi connectivity index (χ2v) is 17.0. The van der Waals surface area contributed by atoms with Crippen LogP contribution in [0.5, 0.6) is 0 Å². The Morgan fingerprint density at radius 2 is 0.578 bits per heavy atom. The van der Waals surface area contributed by atoms with Gasteiger partial charge in [-0.05, 0) is 137 Å². The summed E-state index contributed by atoms with van der Waals surface area (Å²) in [6.45, 7) is 0. The molecule has 13 aromatic rings. The lowest BCUT2D eigenvalue weighted by atomic mass is 9.82. The van der Waals surface area contributed by atoms with Gasteiger partial charge in [0, 0.05) is 0 Å². The fourth-order valence-electron chi connectivity index (χ4n) is 10.9. The zero-order valence-electron chi connectivity index (χ0n) is 35.1. The van der Waals surface area contributed by atoms with Crippen molar-refractivity contribution in [1.82, 2.24) is 0 Å². The van der Waals surface area contributed by atoms with Crippen LogP contribution in [-0.2, 0) is 0 Å². The lowest BCUT2D eigenvalue weighted by Crippen LogP contribution is -1.94. The summed E-state index contributed by atoms with van der Waals surface area (Å²) in [6, 6.07) is 89.9. The largest absolute Gasteiger partial charge is 0.0622 e. The Labute approximate surface area is 371 Å². The third kappa shape index (κ3) is 5.56. The number of rotatable bonds is 5. The van der Waals surface area contributed by atoms with Gasteiger partial charge in [-0.3, -0.25) is 0 Å². The normalized spacial score (nSPS) is 11.8. The molecule has 0 bridgehead atoms. The van der Waals surface area contributed by atoms with Crippen molar-refractivity contribution in [2.75, 3.05) is 0 Å². The summed E-state index contributed by atoms with van der Waals surface area (Å²) in [5.41, 5.74) is 12.5. The summed E-state index contributed by atoms with van der Waals surface area (Å²) in [5.74, 6) is 0. The first kappa shape index (κ1) is 36.3. The molecule has 0 nitrogen and oxygen atoms in total. The maximum absolute atomic E-state index is 2.43. The highest BCUT2D eigenvalue weighted by molar-refractivity contribution is 6.28. The number of hydrogen-bond acceptors (Lipinski definition) is 0. The second-order valence-electron chi connectivity index (χ2n) is 17.0. The Morgan fingerprint density at radius 1 is 0.172 bits per heavy atom. The highest BCUT2D eigenvalue weighted by atomic mass is 14.2. The van der Waals surface area contributed by atoms with Gasteiger partial charge in [0.1, 0.15) is 0 Å². The zero-order chi connectivity index (χ0) is 42.1. The third-order valence-corrected chi connectivity index (χ3v) is 13.6. The van der Waals surface area contributed by atoms with Crippen molar-refractivity contribution in [1.29, 1.82) is 0 Å². The van der Waals surface area contributed by atoms with Crippen LogP contribution in [0.2, 0.25) is 0 Å². The zero-order valence-corrected chi connectivity index (χ0v) is 35.1. The highest BCUT2D eigenvalue weighted by Gasteiger charge is 2.22. The number of benzene rings is 13. The molecule has 0 aliphatic carbocycles. The molecule has 13 rings (SSSR count). The SMILES string of the molecule is c1ccc(-c2c3ccccc3c(-c3ccc4c(ccc5c(-c6c7ccccc7c(-c7ccccc7)c7ccccc67)ccc(-c6cccc7ccccc67)c54)c3)c3ccccc23)cc1. The molecular formula is C64H40. The quantitative estimate of drug-likeness (QED) is 0.120. The van der Waals surface area contributed by atoms with E-state index in [1.165, 1.54) is 131 Å². The van der Waals surface area contributed by atoms with E-state index in [0.29, 0.717) is 0 Å². The van der Waals surface area contributed by atoms with Gasteiger partial charge in [-0.2, -0.15) is 0 Å². The molecule has 64 heavy (non-hydrogen) atoms. The van der Waals surface area contributed by atoms with Crippen LogP contribution in [0, 0.1) is 0 Å². The first-order valence-electron chi connectivity index (χ1n) is 22.3. The van der Waals surface area contributed by atoms with Crippen LogP contribution in [0.3, 0.4) is 0 Å². The van der Waals surface area contributed by atoms with E-state index in [4.69, 9.17) is 0 Å². The molecule has 296 valence electrons. The minimum atomic E-state index is 1.22. The molecule has 0 aromatic heterocycles. The van der Waals surface area contributed by atoms with Crippen molar-refractivity contribution in [2.24, 2.45) is 0 Å². The Bertz CT molecular complexity index is 3870. The number of hydrogen-bond donors (Lipinski definition) is 0. The van der Waals surface area contributed by atoms with Gasteiger partial charge in [0.15, 0.2) is 0 Å². The van der Waals surface area contributed by atoms with Crippen molar-refractivity contribution < 1.29 is 0 Å². The second kappa shape index (κ2) is 14.7. The Kier molecular flexibility index (Phi) is 8.32. The first-order valence-corrected chi connectivity index (χ1v) is 22.3. The van der Waals surface area contributed by atoms with Gasteiger partial charge in [0.25, 0.3) is 0 Å². The molecule has 0 heterocycles. The molecule has 0 heteroatoms. The van der Waals surface area contributed by atoms with Crippen LogP contribution in [0.15, 0.2) is 243 Å². The predicted molar refractivity (Wildman–Crippen MR) is 276 cm³/mol. The van der Waals surface area contributed by atoms with Gasteiger partial charge in [-0.1, -0.05) is 237 Å². The summed E-state index contributed by atoms with van der Waals surface area (Å²) < 4.78 is 0. The van der Waals surface area contributed by atoms with Gasteiger partial charge in [0.05, 0.1) is 0 Å². The smallest absolute Gasteiger partial charge is 0.00201 e. The van der Waals surface area contributed by atoms with Crippen LogP contribution in [0.25, 0.3) is 131 Å². The van der Waals surface area contributed by atoms with Crippen LogP contribution >= 0.6 is 0 Å². The van der Waals surface area contributed by atoms with Crippen LogP contribution in [0.4, 0.5) is 0 Å². The molecule has 0 aliphatic rings. The molecule has 0 N–H and O–H groups in total. The lowest BCUT2D eigenvalue weighted by molar-refractivity contribution is 1.66. The van der Waals surface area contributed by atoms with E-state index in [1.54, 1.807) is 0 Å². The molecule has 13 aromatic carbocycles. The van der Waals surface area contributed by atoms with E-state index in [0.717, 1.165) is 0 Å². The van der Waals surface area contributed by atoms with Crippen molar-refractivity contribution in [3.05, 3.63) is 243 Å². The van der Waals surface area contributed by atoms with E-state index >= 15 is 0 Å². The standard InChI is InChI=1S/C64H40/c1-3-19-42(20-4-1)60-49-25-9-11-27-51(49)62(52-28-12-10-26-50(52)60)45-35-36-47-44(40-45)34-37-58-59(39-38-57(63(47)58)48-33-17-23-41-18-7-8-24-46(41)48)64-55-31-15-13-29-53(55)61(43-21-5-2-6-22-43)54-30-14-16-32-56(54)64/h1-40H. The molecule has 0 radical (unpaired) electrons. The highest BCUT2D eigenvalue weighted by Crippen LogP contribution is 2.49. The Hall–Kier alpha value is -8.32. The van der Waals surface area contributed by atoms with Gasteiger partial charge >= 0.3 is 0 Å². The topological polar surface area (TPSA) is 0 Å². The van der Waals surface area contributed by atoms with E-state index in [9.17, 15) is 0 Å². The van der Waals surface area contributed by atoms with E-state index < -0.39 is 0 Å². The Balaban J connectivity index is 1.12. The maximum atomic E-state index is 2.43. The molecule has 0 atom stereocenters. The molecule has 0 spiro atoms. The Morgan fingerprint density at radius 3 is 1.11 bits per heavy atom. The molecule has 0 aliphatic heterocycles. The molecule has 0 saturated heterocycles. The molecule has 0 saturated carbocycles. The van der Waals surface area contributed by atoms with Crippen molar-refractivity contribution in [2.45, 2.75) is 0 Å². The van der Waals surface area contributed by atoms with Crippen molar-refractivity contribution in [3.8, 4) is 55.6 Å². The predicted octanol–water partition coefficient (Wildman–Crippen LogP) is 18.1. The number of fused-ring (bicyclic) bond motifs is 8. The van der Waals surface area contributed by atoms with Crippen LogP contribution in [-0.4, -0.2) is 0 Å². The minimum Gasteiger partial charge on any atom is -0.0622 e. The molecular weight excluding hydrogens is 769 g/mol. The summed E-state index contributed by atoms with van der Waals surface area (Å²) in [6.07, 6.45) is 0. The monoisotopic (exact) mass is 808 g/mol. The lowest BCUT2D eigenvalue weighted by Gasteiger charge is -2.21. The van der Waals surface area contributed by atoms with Crippen molar-refractivity contribution in [3.63, 3.8) is 0 Å². The average Bonchev–Trinajstić information content (AvgIpc) is 3.37. The molecule has 0 fully saturated rings. The van der Waals surface area contributed by atoms with Gasteiger partial charge in [-0.25, -0.2) is 0 Å². The van der Waals surface area contributed by atoms with Crippen LogP contribution in [0.1, 0.15) is 0 Å². The van der Waals surface area contributed by atoms with E-state index in [2.05, 4.69) is 243 Å². The van der Waals surface area contributed by atoms with Gasteiger partial charge < -0.3 is 0 Å². The van der Waals surface area contributed by atoms with Gasteiger partial charge in [-0.15, -0.1) is 0 Å². The summed E-state index contributed by atoms with van der Waals surface area (Å²) in [4.78, 5) is 0. The summed E-state index contributed by atoms with van der Waals surface area (Å²) in [5, 5.41) is 17.6. The molecule has 0 amide bonds. The van der Waals surface area contributed by atoms with Crippen LogP contribution < -0.4 is 0 Å². The third-order valence-electron chi connectivity index (χ3n) is 13.6. The fraction of sp³-hybridized carbons (Fsp3) is 0. The summed E-state index contributed by atoms with van der Waals surface area (Å²) in [7, 11) is 0. The average molecular weight is 809 g/mol. The van der Waals surface area contributed by atoms with E-state index in [-0.39, 0.29) is 0 Å². The van der Waals surface area contributed by atoms with E-state index in [1.807, 2.05) is 0 Å². The molecule has 0 unspecified atom stereocenters. The maximum Gasteiger partial charge on any atom is -0.00201 e. The van der Waals surface area contributed by atoms with Crippen molar-refractivity contribution >= 4 is 75.4 Å². The first-order chi connectivity index (χ1) is 31.8. The fourth-order valence-corrected chi connectivity index (χ4v) is 10.9. The van der Waals surface area contributed by atoms with Gasteiger partial charge in [0.2, 0.25) is 0 Å². The minimum absolute atomic E-state index is 1.22.